The molecule has 23 heavy (non-hydrogen) atoms. The minimum Gasteiger partial charge on any atom is -0.369 e. The van der Waals surface area contributed by atoms with E-state index in [9.17, 15) is 4.79 Å². The standard InChI is InChI=1S/C15H19N7O/c1-2-17-13-3-4-14(20-19-13)21-7-9-22(10-8-21)15(23)12-11-16-5-6-18-12/h3-6,11H,2,7-10H2,1H3,(H,17,19). The number of carbonyl (C=O) groups excluding carboxylic acids is 1. The molecule has 1 saturated heterocycles. The van der Waals surface area contributed by atoms with Crippen molar-refractivity contribution in [1.82, 2.24) is 25.1 Å². The fourth-order valence-electron chi connectivity index (χ4n) is 2.48. The number of nitrogens with one attached hydrogen (secondary N) is 1. The normalized spacial score (nSPS) is 14.7. The molecule has 2 aromatic heterocycles. The van der Waals surface area contributed by atoms with Crippen molar-refractivity contribution in [2.24, 2.45) is 0 Å². The SMILES string of the molecule is CCNc1ccc(N2CCN(C(=O)c3cnccn3)CC2)nn1. The van der Waals surface area contributed by atoms with Crippen LogP contribution in [0.1, 0.15) is 17.4 Å². The van der Waals surface area contributed by atoms with E-state index in [1.807, 2.05) is 19.1 Å². The number of anilines is 2. The van der Waals surface area contributed by atoms with Crippen LogP contribution in [-0.4, -0.2) is 63.7 Å². The van der Waals surface area contributed by atoms with Gasteiger partial charge in [0.05, 0.1) is 6.20 Å². The van der Waals surface area contributed by atoms with E-state index < -0.39 is 0 Å². The zero-order chi connectivity index (χ0) is 16.1. The van der Waals surface area contributed by atoms with Crippen LogP contribution in [0.2, 0.25) is 0 Å². The molecule has 8 nitrogen and oxygen atoms in total. The maximum Gasteiger partial charge on any atom is 0.274 e. The molecule has 2 aromatic rings. The lowest BCUT2D eigenvalue weighted by molar-refractivity contribution is 0.0740. The van der Waals surface area contributed by atoms with Gasteiger partial charge in [0, 0.05) is 45.1 Å². The summed E-state index contributed by atoms with van der Waals surface area (Å²) in [6.45, 7) is 5.54. The highest BCUT2D eigenvalue weighted by Gasteiger charge is 2.23. The molecule has 1 N–H and O–H groups in total. The largest absolute Gasteiger partial charge is 0.369 e. The van der Waals surface area contributed by atoms with Gasteiger partial charge < -0.3 is 15.1 Å². The van der Waals surface area contributed by atoms with E-state index in [4.69, 9.17) is 0 Å². The second-order valence-electron chi connectivity index (χ2n) is 5.18. The topological polar surface area (TPSA) is 87.1 Å². The molecule has 1 aliphatic rings. The van der Waals surface area contributed by atoms with Gasteiger partial charge in [-0.25, -0.2) is 4.98 Å². The fraction of sp³-hybridized carbons (Fsp3) is 0.400. The van der Waals surface area contributed by atoms with Crippen LogP contribution in [0.25, 0.3) is 0 Å². The van der Waals surface area contributed by atoms with E-state index >= 15 is 0 Å². The first-order chi connectivity index (χ1) is 11.3. The highest BCUT2D eigenvalue weighted by atomic mass is 16.2. The van der Waals surface area contributed by atoms with Crippen LogP contribution in [0.15, 0.2) is 30.7 Å². The molecule has 120 valence electrons. The Balaban J connectivity index is 1.59. The van der Waals surface area contributed by atoms with E-state index in [0.29, 0.717) is 18.8 Å². The summed E-state index contributed by atoms with van der Waals surface area (Å²) in [6.07, 6.45) is 4.59. The highest BCUT2D eigenvalue weighted by Crippen LogP contribution is 2.15. The number of hydrogen-bond donors (Lipinski definition) is 1. The Morgan fingerprint density at radius 2 is 2.00 bits per heavy atom. The van der Waals surface area contributed by atoms with Crippen molar-refractivity contribution in [3.05, 3.63) is 36.4 Å². The van der Waals surface area contributed by atoms with Crippen LogP contribution >= 0.6 is 0 Å². The number of hydrogen-bond acceptors (Lipinski definition) is 7. The molecule has 3 heterocycles. The Hall–Kier alpha value is -2.77. The molecule has 0 radical (unpaired) electrons. The summed E-state index contributed by atoms with van der Waals surface area (Å²) in [4.78, 5) is 24.3. The molecule has 1 amide bonds. The third kappa shape index (κ3) is 3.53. The number of aromatic nitrogens is 4. The Kier molecular flexibility index (Phi) is 4.60. The maximum atomic E-state index is 12.3. The lowest BCUT2D eigenvalue weighted by atomic mass is 10.2. The van der Waals surface area contributed by atoms with Crippen LogP contribution in [0.3, 0.4) is 0 Å². The zero-order valence-corrected chi connectivity index (χ0v) is 13.0. The molecular formula is C15H19N7O. The van der Waals surface area contributed by atoms with Gasteiger partial charge in [-0.1, -0.05) is 0 Å². The second-order valence-corrected chi connectivity index (χ2v) is 5.18. The number of nitrogens with zero attached hydrogens (tertiary/aromatic N) is 6. The van der Waals surface area contributed by atoms with Crippen molar-refractivity contribution in [3.8, 4) is 0 Å². The lowest BCUT2D eigenvalue weighted by Crippen LogP contribution is -2.49. The summed E-state index contributed by atoms with van der Waals surface area (Å²) in [7, 11) is 0. The second kappa shape index (κ2) is 6.99. The van der Waals surface area contributed by atoms with Crippen LogP contribution in [0.4, 0.5) is 11.6 Å². The van der Waals surface area contributed by atoms with Crippen molar-refractivity contribution in [2.45, 2.75) is 6.92 Å². The smallest absolute Gasteiger partial charge is 0.274 e. The first kappa shape index (κ1) is 15.1. The number of amides is 1. The minimum absolute atomic E-state index is 0.0775. The highest BCUT2D eigenvalue weighted by molar-refractivity contribution is 5.92. The van der Waals surface area contributed by atoms with Crippen LogP contribution < -0.4 is 10.2 Å². The summed E-state index contributed by atoms with van der Waals surface area (Å²) in [5, 5.41) is 11.5. The van der Waals surface area contributed by atoms with Gasteiger partial charge in [0.15, 0.2) is 5.82 Å². The predicted octanol–water partition coefficient (Wildman–Crippen LogP) is 0.661. The third-order valence-electron chi connectivity index (χ3n) is 3.68. The lowest BCUT2D eigenvalue weighted by Gasteiger charge is -2.34. The summed E-state index contributed by atoms with van der Waals surface area (Å²) in [6, 6.07) is 3.87. The van der Waals surface area contributed by atoms with E-state index in [0.717, 1.165) is 31.3 Å². The Morgan fingerprint density at radius 3 is 2.61 bits per heavy atom. The molecule has 1 fully saturated rings. The molecule has 3 rings (SSSR count). The van der Waals surface area contributed by atoms with Crippen molar-refractivity contribution in [2.75, 3.05) is 42.9 Å². The molecule has 0 aromatic carbocycles. The molecular weight excluding hydrogens is 294 g/mol. The van der Waals surface area contributed by atoms with E-state index in [2.05, 4.69) is 30.4 Å². The predicted molar refractivity (Wildman–Crippen MR) is 86.3 cm³/mol. The Morgan fingerprint density at radius 1 is 1.17 bits per heavy atom. The molecule has 1 aliphatic heterocycles. The number of piperazine rings is 1. The quantitative estimate of drug-likeness (QED) is 0.887. The Labute approximate surface area is 134 Å². The molecule has 0 saturated carbocycles. The maximum absolute atomic E-state index is 12.3. The van der Waals surface area contributed by atoms with Crippen LogP contribution in [0, 0.1) is 0 Å². The van der Waals surface area contributed by atoms with Gasteiger partial charge >= 0.3 is 0 Å². The zero-order valence-electron chi connectivity index (χ0n) is 13.0. The van der Waals surface area contributed by atoms with Gasteiger partial charge in [-0.3, -0.25) is 9.78 Å². The van der Waals surface area contributed by atoms with E-state index in [1.54, 1.807) is 11.1 Å². The van der Waals surface area contributed by atoms with Gasteiger partial charge in [-0.15, -0.1) is 10.2 Å². The van der Waals surface area contributed by atoms with Gasteiger partial charge in [0.25, 0.3) is 5.91 Å². The molecule has 0 atom stereocenters. The Bertz CT molecular complexity index is 639. The van der Waals surface area contributed by atoms with E-state index in [1.165, 1.54) is 12.4 Å². The fourth-order valence-corrected chi connectivity index (χ4v) is 2.48. The van der Waals surface area contributed by atoms with Crippen LogP contribution in [0.5, 0.6) is 0 Å². The van der Waals surface area contributed by atoms with Crippen molar-refractivity contribution in [3.63, 3.8) is 0 Å². The van der Waals surface area contributed by atoms with Gasteiger partial charge in [-0.2, -0.15) is 0 Å². The summed E-state index contributed by atoms with van der Waals surface area (Å²) < 4.78 is 0. The minimum atomic E-state index is -0.0775. The monoisotopic (exact) mass is 313 g/mol. The van der Waals surface area contributed by atoms with Crippen molar-refractivity contribution in [1.29, 1.82) is 0 Å². The van der Waals surface area contributed by atoms with Crippen LogP contribution in [-0.2, 0) is 0 Å². The van der Waals surface area contributed by atoms with Crippen molar-refractivity contribution < 1.29 is 4.79 Å². The molecule has 0 aliphatic carbocycles. The molecule has 0 spiro atoms. The average molecular weight is 313 g/mol. The number of rotatable bonds is 4. The third-order valence-corrected chi connectivity index (χ3v) is 3.68. The average Bonchev–Trinajstić information content (AvgIpc) is 2.63. The number of carbonyl (C=O) groups is 1. The summed E-state index contributed by atoms with van der Waals surface area (Å²) >= 11 is 0. The van der Waals surface area contributed by atoms with Gasteiger partial charge in [0.2, 0.25) is 0 Å². The summed E-state index contributed by atoms with van der Waals surface area (Å²) in [5.41, 5.74) is 0.385. The van der Waals surface area contributed by atoms with Crippen molar-refractivity contribution >= 4 is 17.5 Å². The first-order valence-corrected chi connectivity index (χ1v) is 7.66. The molecule has 0 unspecified atom stereocenters. The van der Waals surface area contributed by atoms with Gasteiger partial charge in [0.1, 0.15) is 11.5 Å². The molecule has 8 heteroatoms. The first-order valence-electron chi connectivity index (χ1n) is 7.66. The molecule has 0 bridgehead atoms. The van der Waals surface area contributed by atoms with E-state index in [-0.39, 0.29) is 5.91 Å². The van der Waals surface area contributed by atoms with Gasteiger partial charge in [-0.05, 0) is 19.1 Å². The summed E-state index contributed by atoms with van der Waals surface area (Å²) in [5.74, 6) is 1.53.